The van der Waals surface area contributed by atoms with Gasteiger partial charge in [0.25, 0.3) is 0 Å². The Balaban J connectivity index is 2.01. The maximum Gasteiger partial charge on any atom is 0.115 e. The van der Waals surface area contributed by atoms with E-state index < -0.39 is 0 Å². The zero-order chi connectivity index (χ0) is 11.5. The predicted molar refractivity (Wildman–Crippen MR) is 63.4 cm³/mol. The molecule has 0 fully saturated rings. The number of hydrogen-bond donors (Lipinski definition) is 3. The zero-order valence-electron chi connectivity index (χ0n) is 9.61. The largest absolute Gasteiger partial charge is 0.508 e. The third kappa shape index (κ3) is 2.36. The van der Waals surface area contributed by atoms with Crippen molar-refractivity contribution in [2.24, 2.45) is 5.92 Å². The lowest BCUT2D eigenvalue weighted by Crippen LogP contribution is -2.26. The fraction of sp³-hybridized carbons (Fsp3) is 0.538. The Morgan fingerprint density at radius 1 is 1.50 bits per heavy atom. The first-order valence-electron chi connectivity index (χ1n) is 5.86. The molecule has 2 atom stereocenters. The summed E-state index contributed by atoms with van der Waals surface area (Å²) in [5.41, 5.74) is 2.54. The minimum Gasteiger partial charge on any atom is -0.508 e. The summed E-state index contributed by atoms with van der Waals surface area (Å²) in [5, 5.41) is 21.8. The van der Waals surface area contributed by atoms with Crippen molar-refractivity contribution in [3.8, 4) is 5.75 Å². The van der Waals surface area contributed by atoms with E-state index in [-0.39, 0.29) is 6.61 Å². The SMILES string of the molecule is CC(CO)CNC1CCc2cc(O)ccc21. The van der Waals surface area contributed by atoms with Crippen LogP contribution in [0.3, 0.4) is 0 Å². The second kappa shape index (κ2) is 4.85. The van der Waals surface area contributed by atoms with Crippen molar-refractivity contribution in [3.63, 3.8) is 0 Å². The van der Waals surface area contributed by atoms with E-state index in [1.54, 1.807) is 6.07 Å². The summed E-state index contributed by atoms with van der Waals surface area (Å²) in [7, 11) is 0. The van der Waals surface area contributed by atoms with Crippen LogP contribution in [0.5, 0.6) is 5.75 Å². The second-order valence-electron chi connectivity index (χ2n) is 4.67. The highest BCUT2D eigenvalue weighted by molar-refractivity contribution is 5.39. The van der Waals surface area contributed by atoms with Crippen molar-refractivity contribution in [1.29, 1.82) is 0 Å². The molecule has 1 aliphatic carbocycles. The van der Waals surface area contributed by atoms with Crippen LogP contribution in [0.2, 0.25) is 0 Å². The summed E-state index contributed by atoms with van der Waals surface area (Å²) in [4.78, 5) is 0. The van der Waals surface area contributed by atoms with E-state index in [9.17, 15) is 5.11 Å². The number of fused-ring (bicyclic) bond motifs is 1. The van der Waals surface area contributed by atoms with Crippen LogP contribution in [0.25, 0.3) is 0 Å². The van der Waals surface area contributed by atoms with Gasteiger partial charge in [-0.15, -0.1) is 0 Å². The molecule has 16 heavy (non-hydrogen) atoms. The van der Waals surface area contributed by atoms with Crippen molar-refractivity contribution in [3.05, 3.63) is 29.3 Å². The molecule has 0 amide bonds. The maximum absolute atomic E-state index is 9.39. The molecule has 1 aliphatic rings. The molecule has 0 spiro atoms. The van der Waals surface area contributed by atoms with Gasteiger partial charge < -0.3 is 15.5 Å². The van der Waals surface area contributed by atoms with E-state index in [0.29, 0.717) is 17.7 Å². The average Bonchev–Trinajstić information content (AvgIpc) is 2.68. The number of phenolic OH excluding ortho intramolecular Hbond substituents is 1. The zero-order valence-corrected chi connectivity index (χ0v) is 9.61. The van der Waals surface area contributed by atoms with E-state index in [1.807, 2.05) is 19.1 Å². The van der Waals surface area contributed by atoms with Gasteiger partial charge >= 0.3 is 0 Å². The van der Waals surface area contributed by atoms with Gasteiger partial charge in [0.1, 0.15) is 5.75 Å². The third-order valence-electron chi connectivity index (χ3n) is 3.23. The van der Waals surface area contributed by atoms with E-state index in [0.717, 1.165) is 19.4 Å². The Kier molecular flexibility index (Phi) is 3.46. The van der Waals surface area contributed by atoms with E-state index >= 15 is 0 Å². The lowest BCUT2D eigenvalue weighted by molar-refractivity contribution is 0.230. The fourth-order valence-electron chi connectivity index (χ4n) is 2.22. The number of aliphatic hydroxyl groups excluding tert-OH is 1. The highest BCUT2D eigenvalue weighted by Crippen LogP contribution is 2.33. The monoisotopic (exact) mass is 221 g/mol. The summed E-state index contributed by atoms with van der Waals surface area (Å²) >= 11 is 0. The maximum atomic E-state index is 9.39. The van der Waals surface area contributed by atoms with Gasteiger partial charge in [-0.2, -0.15) is 0 Å². The topological polar surface area (TPSA) is 52.5 Å². The summed E-state index contributed by atoms with van der Waals surface area (Å²) in [5.74, 6) is 0.643. The van der Waals surface area contributed by atoms with Gasteiger partial charge in [-0.25, -0.2) is 0 Å². The lowest BCUT2D eigenvalue weighted by Gasteiger charge is -2.16. The number of nitrogens with one attached hydrogen (secondary N) is 1. The first kappa shape index (κ1) is 11.4. The molecule has 0 bridgehead atoms. The molecule has 0 heterocycles. The first-order chi connectivity index (χ1) is 7.70. The molecule has 0 saturated heterocycles. The van der Waals surface area contributed by atoms with Crippen molar-refractivity contribution in [1.82, 2.24) is 5.32 Å². The highest BCUT2D eigenvalue weighted by Gasteiger charge is 2.22. The Morgan fingerprint density at radius 2 is 2.31 bits per heavy atom. The van der Waals surface area contributed by atoms with Gasteiger partial charge in [-0.1, -0.05) is 13.0 Å². The molecular formula is C13H19NO2. The lowest BCUT2D eigenvalue weighted by atomic mass is 10.1. The molecule has 2 unspecified atom stereocenters. The van der Waals surface area contributed by atoms with Crippen LogP contribution in [0, 0.1) is 5.92 Å². The average molecular weight is 221 g/mol. The van der Waals surface area contributed by atoms with Crippen LogP contribution >= 0.6 is 0 Å². The second-order valence-corrected chi connectivity index (χ2v) is 4.67. The normalized spacial score (nSPS) is 20.8. The standard InChI is InChI=1S/C13H19NO2/c1-9(8-15)7-14-13-5-2-10-6-11(16)3-4-12(10)13/h3-4,6,9,13-16H,2,5,7-8H2,1H3. The molecule has 88 valence electrons. The number of aryl methyl sites for hydroxylation is 1. The molecule has 3 heteroatoms. The Labute approximate surface area is 96.1 Å². The van der Waals surface area contributed by atoms with Crippen LogP contribution in [0.1, 0.15) is 30.5 Å². The number of aromatic hydroxyl groups is 1. The van der Waals surface area contributed by atoms with Gasteiger partial charge in [0.2, 0.25) is 0 Å². The molecule has 2 rings (SSSR count). The first-order valence-corrected chi connectivity index (χ1v) is 5.86. The molecule has 0 saturated carbocycles. The molecule has 3 N–H and O–H groups in total. The van der Waals surface area contributed by atoms with Crippen LogP contribution < -0.4 is 5.32 Å². The molecule has 0 aromatic heterocycles. The summed E-state index contributed by atoms with van der Waals surface area (Å²) in [6, 6.07) is 5.98. The number of rotatable bonds is 4. The van der Waals surface area contributed by atoms with Crippen LogP contribution in [-0.4, -0.2) is 23.4 Å². The van der Waals surface area contributed by atoms with Crippen molar-refractivity contribution in [2.75, 3.05) is 13.2 Å². The number of hydrogen-bond acceptors (Lipinski definition) is 3. The predicted octanol–water partition coefficient (Wildman–Crippen LogP) is 1.60. The molecule has 3 nitrogen and oxygen atoms in total. The van der Waals surface area contributed by atoms with Gasteiger partial charge in [0, 0.05) is 19.2 Å². The molecule has 0 aliphatic heterocycles. The van der Waals surface area contributed by atoms with Gasteiger partial charge in [0.15, 0.2) is 0 Å². The van der Waals surface area contributed by atoms with E-state index in [2.05, 4.69) is 5.32 Å². The number of benzene rings is 1. The molecule has 1 aromatic carbocycles. The number of aliphatic hydroxyl groups is 1. The fourth-order valence-corrected chi connectivity index (χ4v) is 2.22. The van der Waals surface area contributed by atoms with Crippen molar-refractivity contribution < 1.29 is 10.2 Å². The summed E-state index contributed by atoms with van der Waals surface area (Å²) < 4.78 is 0. The quantitative estimate of drug-likeness (QED) is 0.724. The Morgan fingerprint density at radius 3 is 3.06 bits per heavy atom. The van der Waals surface area contributed by atoms with Crippen molar-refractivity contribution >= 4 is 0 Å². The molecule has 1 aromatic rings. The number of phenols is 1. The van der Waals surface area contributed by atoms with E-state index in [4.69, 9.17) is 5.11 Å². The smallest absolute Gasteiger partial charge is 0.115 e. The van der Waals surface area contributed by atoms with Crippen LogP contribution in [0.4, 0.5) is 0 Å². The van der Waals surface area contributed by atoms with Crippen LogP contribution in [0.15, 0.2) is 18.2 Å². The molecule has 0 radical (unpaired) electrons. The van der Waals surface area contributed by atoms with Gasteiger partial charge in [-0.3, -0.25) is 0 Å². The Bertz CT molecular complexity index is 365. The van der Waals surface area contributed by atoms with Gasteiger partial charge in [-0.05, 0) is 42.0 Å². The minimum atomic E-state index is 0.224. The van der Waals surface area contributed by atoms with Crippen molar-refractivity contribution in [2.45, 2.75) is 25.8 Å². The van der Waals surface area contributed by atoms with Gasteiger partial charge in [0.05, 0.1) is 0 Å². The van der Waals surface area contributed by atoms with E-state index in [1.165, 1.54) is 11.1 Å². The minimum absolute atomic E-state index is 0.224. The highest BCUT2D eigenvalue weighted by atomic mass is 16.3. The summed E-state index contributed by atoms with van der Waals surface area (Å²) in [6.45, 7) is 3.09. The third-order valence-corrected chi connectivity index (χ3v) is 3.23. The molecular weight excluding hydrogens is 202 g/mol. The Hall–Kier alpha value is -1.06. The van der Waals surface area contributed by atoms with Crippen LogP contribution in [-0.2, 0) is 6.42 Å². The summed E-state index contributed by atoms with van der Waals surface area (Å²) in [6.07, 6.45) is 2.10.